The molecular formula is C56H40Cl2N20O26S8. The van der Waals surface area contributed by atoms with Crippen LogP contribution >= 0.6 is 23.2 Å². The lowest BCUT2D eigenvalue weighted by molar-refractivity contribution is 0.471. The van der Waals surface area contributed by atoms with E-state index in [9.17, 15) is 114 Å². The summed E-state index contributed by atoms with van der Waals surface area (Å²) in [5, 5.41) is 49.6. The Morgan fingerprint density at radius 1 is 0.312 bits per heavy atom. The minimum Gasteiger partial charge on any atom is -0.505 e. The predicted octanol–water partition coefficient (Wildman–Crippen LogP) is 8.54. The molecule has 0 aliphatic carbocycles. The first-order valence-corrected chi connectivity index (χ1v) is 41.5. The summed E-state index contributed by atoms with van der Waals surface area (Å²) >= 11 is 12.7. The van der Waals surface area contributed by atoms with E-state index in [1.54, 1.807) is 0 Å². The second kappa shape index (κ2) is 30.1. The number of benzene rings is 9. The maximum Gasteiger partial charge on any atom is 0.296 e. The summed E-state index contributed by atoms with van der Waals surface area (Å²) < 4.78 is 279. The number of aromatic amines is 4. The summed E-state index contributed by atoms with van der Waals surface area (Å²) in [5.74, 6) is -2.61. The zero-order chi connectivity index (χ0) is 81.9. The SMILES string of the molecule is Nc1c(N=Nc2ccc(S(=O)(=O)O)cc2)c(S(=O)(=O)O)cc2cc(S(=O)(=O)O)c(N=Nc3cc(N=c4[nH]c(Cl)nc(=Nc5cccc(N=c6nc(Cl)[nH]c(=Nc7ccc(S(=O)(=O)O)c(N=Nc8c(S(=O)(=O)O)cc9cc(S(=O)(=O)O)c(N=Nc%10ccc(S(=O)(=O)O)cc%10)c(N)c9c8O)c7)[nH]6)c5)[nH]4)ccc3S(=O)(=O)O)c(O)c12. The van der Waals surface area contributed by atoms with Crippen molar-refractivity contribution in [3.63, 3.8) is 0 Å². The van der Waals surface area contributed by atoms with E-state index in [0.29, 0.717) is 24.3 Å². The number of nitrogens with zero attached hydrogens (tertiary/aromatic N) is 14. The fourth-order valence-electron chi connectivity index (χ4n) is 9.86. The Balaban J connectivity index is 0.916. The standard InChI is InChI=1S/C56H40Cl2N20O26S8/c57-51-65-53(69-55(67-51)63-29-8-14-35(107(87,88)89)33(21-29)73-77-47-39(111(99,100)101)18-23-16-37(109(93,94)95)45(43(59)41(23)49(47)79)75-71-25-4-10-31(11-5-25)105(81,82)83)61-27-2-1-3-28(20-27)62-54-66-52(58)68-56(70-54)64-30-9-15-36(108(90,91)92)34(22-30)74-78-48-40(112(102,103)104)19-24-17-38(110(96,97)98)46(44(60)42(24)50(48)80)76-72-26-6-12-32(13-7-26)106(84,85)86/h1-22,79-80H,59-60H2,(H,81,82,83)(H,84,85,86)(H,87,88,89)(H,90,91,92)(H,93,94,95)(H,96,97,98)(H,99,100,101)(H,102,103,104)(H2,61,63,65,67,69)(H2,62,64,66,68,70). The number of anilines is 2. The van der Waals surface area contributed by atoms with Crippen LogP contribution in [0.3, 0.4) is 0 Å². The number of aromatic hydroxyl groups is 2. The van der Waals surface area contributed by atoms with Crippen molar-refractivity contribution in [2.75, 3.05) is 11.5 Å². The Bertz CT molecular complexity index is 6910. The second-order valence-electron chi connectivity index (χ2n) is 22.1. The van der Waals surface area contributed by atoms with Crippen LogP contribution in [0.1, 0.15) is 0 Å². The number of aromatic nitrogens is 6. The van der Waals surface area contributed by atoms with Gasteiger partial charge in [-0.05, 0) is 161 Å². The predicted molar refractivity (Wildman–Crippen MR) is 384 cm³/mol. The summed E-state index contributed by atoms with van der Waals surface area (Å²) in [6.45, 7) is 0. The van der Waals surface area contributed by atoms with Crippen LogP contribution in [0.5, 0.6) is 11.5 Å². The minimum atomic E-state index is -5.54. The lowest BCUT2D eigenvalue weighted by atomic mass is 10.1. The lowest BCUT2D eigenvalue weighted by Crippen LogP contribution is -2.26. The third kappa shape index (κ3) is 18.4. The number of nitrogen functional groups attached to an aromatic ring is 2. The molecule has 56 heteroatoms. The van der Waals surface area contributed by atoms with Gasteiger partial charge in [-0.25, -0.2) is 20.0 Å². The Labute approximate surface area is 634 Å². The highest BCUT2D eigenvalue weighted by molar-refractivity contribution is 7.87. The van der Waals surface area contributed by atoms with Crippen LogP contribution in [0.15, 0.2) is 234 Å². The van der Waals surface area contributed by atoms with Gasteiger partial charge < -0.3 is 31.6 Å². The molecule has 0 spiro atoms. The molecule has 112 heavy (non-hydrogen) atoms. The highest BCUT2D eigenvalue weighted by Crippen LogP contribution is 2.51. The molecular weight excluding hydrogens is 1700 g/mol. The molecule has 0 fully saturated rings. The third-order valence-electron chi connectivity index (χ3n) is 14.6. The monoisotopic (exact) mass is 1730 g/mol. The van der Waals surface area contributed by atoms with E-state index in [1.807, 2.05) is 0 Å². The average Bonchev–Trinajstić information content (AvgIpc) is 0.743. The molecule has 46 nitrogen and oxygen atoms in total. The summed E-state index contributed by atoms with van der Waals surface area (Å²) in [6.07, 6.45) is 0. The van der Waals surface area contributed by atoms with Crippen LogP contribution < -0.4 is 33.9 Å². The number of nitrogens with one attached hydrogen (secondary N) is 4. The lowest BCUT2D eigenvalue weighted by Gasteiger charge is -2.14. The number of phenols is 2. The zero-order valence-electron chi connectivity index (χ0n) is 54.1. The summed E-state index contributed by atoms with van der Waals surface area (Å²) in [6, 6.07) is 20.6. The number of azo groups is 4. The van der Waals surface area contributed by atoms with Gasteiger partial charge in [-0.2, -0.15) is 87.5 Å². The van der Waals surface area contributed by atoms with Gasteiger partial charge in [0.05, 0.1) is 66.1 Å². The van der Waals surface area contributed by atoms with E-state index in [1.165, 1.54) is 24.3 Å². The molecule has 9 aromatic carbocycles. The van der Waals surface area contributed by atoms with Crippen molar-refractivity contribution >= 4 is 205 Å². The molecule has 2 heterocycles. The van der Waals surface area contributed by atoms with Crippen molar-refractivity contribution in [1.82, 2.24) is 29.9 Å². The quantitative estimate of drug-likeness (QED) is 0.0193. The van der Waals surface area contributed by atoms with Crippen molar-refractivity contribution < 1.29 is 114 Å². The van der Waals surface area contributed by atoms with Gasteiger partial charge in [0.2, 0.25) is 33.0 Å². The van der Waals surface area contributed by atoms with Gasteiger partial charge in [-0.15, -0.1) is 30.7 Å². The average molecular weight is 1740 g/mol. The normalized spacial score (nSPS) is 13.9. The van der Waals surface area contributed by atoms with Gasteiger partial charge in [0.15, 0.2) is 11.5 Å². The van der Waals surface area contributed by atoms with Crippen LogP contribution in [-0.2, 0) is 80.9 Å². The number of fused-ring (bicyclic) bond motifs is 2. The van der Waals surface area contributed by atoms with Crippen LogP contribution in [0.2, 0.25) is 10.6 Å². The number of halogens is 2. The van der Waals surface area contributed by atoms with Gasteiger partial charge in [-0.1, -0.05) is 6.07 Å². The zero-order valence-corrected chi connectivity index (χ0v) is 62.2. The van der Waals surface area contributed by atoms with Crippen molar-refractivity contribution in [3.05, 3.63) is 166 Å². The Morgan fingerprint density at radius 2 is 0.607 bits per heavy atom. The molecule has 0 amide bonds. The van der Waals surface area contributed by atoms with Gasteiger partial charge >= 0.3 is 0 Å². The van der Waals surface area contributed by atoms with Crippen molar-refractivity contribution in [1.29, 1.82) is 0 Å². The second-order valence-corrected chi connectivity index (χ2v) is 34.0. The van der Waals surface area contributed by atoms with Crippen molar-refractivity contribution in [3.8, 4) is 11.5 Å². The molecule has 0 radical (unpaired) electrons. The van der Waals surface area contributed by atoms with Crippen LogP contribution in [-0.4, -0.2) is 144 Å². The molecule has 0 saturated carbocycles. The summed E-state index contributed by atoms with van der Waals surface area (Å²) in [4.78, 5) is 27.9. The van der Waals surface area contributed by atoms with Crippen LogP contribution in [0.25, 0.3) is 21.5 Å². The van der Waals surface area contributed by atoms with Crippen LogP contribution in [0.4, 0.5) is 79.6 Å². The molecule has 18 N–H and O–H groups in total. The third-order valence-corrected chi connectivity index (χ3v) is 22.0. The van der Waals surface area contributed by atoms with E-state index >= 15 is 0 Å². The first kappa shape index (κ1) is 81.2. The smallest absolute Gasteiger partial charge is 0.296 e. The Kier molecular flexibility index (Phi) is 21.8. The molecule has 11 aromatic rings. The maximum atomic E-state index is 12.8. The molecule has 0 unspecified atom stereocenters. The van der Waals surface area contributed by atoms with Gasteiger partial charge in [0.25, 0.3) is 80.9 Å². The Morgan fingerprint density at radius 3 is 0.920 bits per heavy atom. The number of nitrogens with two attached hydrogens (primary N) is 2. The molecule has 0 bridgehead atoms. The van der Waals surface area contributed by atoms with Crippen molar-refractivity contribution in [2.24, 2.45) is 60.9 Å². The van der Waals surface area contributed by atoms with E-state index in [2.05, 4.69) is 90.8 Å². The molecule has 0 atom stereocenters. The number of rotatable bonds is 20. The first-order chi connectivity index (χ1) is 52.0. The van der Waals surface area contributed by atoms with E-state index in [0.717, 1.165) is 84.9 Å². The van der Waals surface area contributed by atoms with Gasteiger partial charge in [-0.3, -0.25) is 46.4 Å². The minimum absolute atomic E-state index is 0.0832. The number of phenolic OH excluding ortho intramolecular Hbond substituents is 2. The number of hydrogen-bond donors (Lipinski definition) is 16. The van der Waals surface area contributed by atoms with Gasteiger partial charge in [0.1, 0.15) is 63.5 Å². The fraction of sp³-hybridized carbons (Fsp3) is 0. The molecule has 0 aliphatic heterocycles. The topological polar surface area (TPSA) is 765 Å². The van der Waals surface area contributed by atoms with Crippen LogP contribution in [0, 0.1) is 0 Å². The van der Waals surface area contributed by atoms with Crippen molar-refractivity contribution in [2.45, 2.75) is 39.2 Å². The van der Waals surface area contributed by atoms with E-state index in [4.69, 9.17) is 34.7 Å². The van der Waals surface area contributed by atoms with Gasteiger partial charge in [0, 0.05) is 0 Å². The fourth-order valence-corrected chi connectivity index (χ4v) is 15.0. The highest BCUT2D eigenvalue weighted by Gasteiger charge is 2.31. The molecule has 2 aromatic heterocycles. The molecule has 0 saturated heterocycles. The summed E-state index contributed by atoms with van der Waals surface area (Å²) in [7, 11) is -41.7. The highest BCUT2D eigenvalue weighted by atomic mass is 35.5. The van der Waals surface area contributed by atoms with E-state index < -0.39 is 199 Å². The first-order valence-electron chi connectivity index (χ1n) is 29.2. The number of H-pyrrole nitrogens is 4. The van der Waals surface area contributed by atoms with E-state index in [-0.39, 0.29) is 67.2 Å². The molecule has 11 rings (SSSR count). The molecule has 582 valence electrons. The summed E-state index contributed by atoms with van der Waals surface area (Å²) in [5.41, 5.74) is 2.96. The molecule has 0 aliphatic rings. The maximum absolute atomic E-state index is 12.8. The largest absolute Gasteiger partial charge is 0.505 e. The number of hydrogen-bond acceptors (Lipinski definition) is 34. The Hall–Kier alpha value is -11.8.